The summed E-state index contributed by atoms with van der Waals surface area (Å²) in [6.07, 6.45) is 2.16. The smallest absolute Gasteiger partial charge is 0.157 e. The second-order valence-corrected chi connectivity index (χ2v) is 4.27. The summed E-state index contributed by atoms with van der Waals surface area (Å²) in [5.74, 6) is 0. The Bertz CT molecular complexity index is 134. The van der Waals surface area contributed by atoms with Gasteiger partial charge >= 0.3 is 0 Å². The molecule has 78 valence electrons. The fourth-order valence-corrected chi connectivity index (χ4v) is 1.21. The monoisotopic (exact) mass is 188 g/mol. The molecule has 1 rings (SSSR count). The number of rotatable bonds is 4. The molecule has 0 bridgehead atoms. The fraction of sp³-hybridized carbons (Fsp3) is 1.00. The van der Waals surface area contributed by atoms with Gasteiger partial charge in [0.25, 0.3) is 0 Å². The molecule has 0 amide bonds. The molecule has 1 aliphatic heterocycles. The van der Waals surface area contributed by atoms with E-state index in [2.05, 4.69) is 0 Å². The topological polar surface area (TPSA) is 27.7 Å². The second kappa shape index (κ2) is 4.94. The number of hydrogen-bond donors (Lipinski definition) is 0. The summed E-state index contributed by atoms with van der Waals surface area (Å²) in [4.78, 5) is 0. The zero-order chi connectivity index (χ0) is 9.73. The Hall–Kier alpha value is -0.120. The molecule has 0 N–H and O–H groups in total. The molecule has 1 atom stereocenters. The van der Waals surface area contributed by atoms with Crippen LogP contribution in [0.25, 0.3) is 0 Å². The van der Waals surface area contributed by atoms with Crippen molar-refractivity contribution in [1.82, 2.24) is 0 Å². The standard InChI is InChI=1S/C10H20O3/c1-10(2,3)13-8-7-12-9-5-4-6-11-9/h9H,4-8H2,1-3H3. The van der Waals surface area contributed by atoms with E-state index >= 15 is 0 Å². The van der Waals surface area contributed by atoms with E-state index in [1.165, 1.54) is 0 Å². The molecule has 1 saturated heterocycles. The van der Waals surface area contributed by atoms with Gasteiger partial charge < -0.3 is 14.2 Å². The Morgan fingerprint density at radius 1 is 1.31 bits per heavy atom. The zero-order valence-corrected chi connectivity index (χ0v) is 8.84. The third-order valence-corrected chi connectivity index (χ3v) is 1.81. The highest BCUT2D eigenvalue weighted by molar-refractivity contribution is 4.58. The van der Waals surface area contributed by atoms with Crippen LogP contribution in [0.1, 0.15) is 33.6 Å². The maximum absolute atomic E-state index is 5.51. The van der Waals surface area contributed by atoms with Crippen molar-refractivity contribution >= 4 is 0 Å². The molecule has 1 heterocycles. The highest BCUT2D eigenvalue weighted by Crippen LogP contribution is 2.13. The third kappa shape index (κ3) is 5.24. The quantitative estimate of drug-likeness (QED) is 0.631. The molecule has 0 radical (unpaired) electrons. The summed E-state index contributed by atoms with van der Waals surface area (Å²) < 4.78 is 16.3. The molecule has 1 unspecified atom stereocenters. The van der Waals surface area contributed by atoms with Crippen LogP contribution in [0.4, 0.5) is 0 Å². The van der Waals surface area contributed by atoms with Crippen LogP contribution >= 0.6 is 0 Å². The molecule has 1 fully saturated rings. The van der Waals surface area contributed by atoms with Gasteiger partial charge in [-0.3, -0.25) is 0 Å². The van der Waals surface area contributed by atoms with Crippen LogP contribution in [0.3, 0.4) is 0 Å². The van der Waals surface area contributed by atoms with Crippen molar-refractivity contribution in [2.45, 2.75) is 45.5 Å². The van der Waals surface area contributed by atoms with Gasteiger partial charge in [0.05, 0.1) is 18.8 Å². The minimum Gasteiger partial charge on any atom is -0.373 e. The van der Waals surface area contributed by atoms with Gasteiger partial charge in [-0.25, -0.2) is 0 Å². The molecule has 3 heteroatoms. The molecule has 0 aromatic rings. The molecule has 0 aromatic heterocycles. The van der Waals surface area contributed by atoms with Crippen molar-refractivity contribution < 1.29 is 14.2 Å². The average molecular weight is 188 g/mol. The lowest BCUT2D eigenvalue weighted by atomic mass is 10.2. The summed E-state index contributed by atoms with van der Waals surface area (Å²) in [6.45, 7) is 8.23. The van der Waals surface area contributed by atoms with E-state index in [4.69, 9.17) is 14.2 Å². The van der Waals surface area contributed by atoms with Crippen LogP contribution in [0.2, 0.25) is 0 Å². The lowest BCUT2D eigenvalue weighted by Gasteiger charge is -2.20. The third-order valence-electron chi connectivity index (χ3n) is 1.81. The molecule has 0 saturated carbocycles. The first-order chi connectivity index (χ1) is 6.08. The van der Waals surface area contributed by atoms with Gasteiger partial charge in [-0.1, -0.05) is 0 Å². The van der Waals surface area contributed by atoms with E-state index in [0.29, 0.717) is 13.2 Å². The predicted molar refractivity (Wildman–Crippen MR) is 50.6 cm³/mol. The lowest BCUT2D eigenvalue weighted by molar-refractivity contribution is -0.132. The van der Waals surface area contributed by atoms with Gasteiger partial charge in [-0.15, -0.1) is 0 Å². The first kappa shape index (κ1) is 11.0. The summed E-state index contributed by atoms with van der Waals surface area (Å²) in [5, 5.41) is 0. The summed E-state index contributed by atoms with van der Waals surface area (Å²) >= 11 is 0. The molecular weight excluding hydrogens is 168 g/mol. The normalized spacial score (nSPS) is 23.8. The summed E-state index contributed by atoms with van der Waals surface area (Å²) in [7, 11) is 0. The van der Waals surface area contributed by atoms with E-state index in [1.807, 2.05) is 20.8 Å². The Labute approximate surface area is 80.4 Å². The maximum atomic E-state index is 5.51. The highest BCUT2D eigenvalue weighted by Gasteiger charge is 2.16. The average Bonchev–Trinajstić information content (AvgIpc) is 2.48. The Balaban J connectivity index is 1.94. The second-order valence-electron chi connectivity index (χ2n) is 4.27. The van der Waals surface area contributed by atoms with Gasteiger partial charge in [0, 0.05) is 13.0 Å². The van der Waals surface area contributed by atoms with E-state index in [1.54, 1.807) is 0 Å². The van der Waals surface area contributed by atoms with Gasteiger partial charge in [0.15, 0.2) is 6.29 Å². The van der Waals surface area contributed by atoms with Gasteiger partial charge in [-0.05, 0) is 27.2 Å². The van der Waals surface area contributed by atoms with Crippen LogP contribution < -0.4 is 0 Å². The van der Waals surface area contributed by atoms with Crippen molar-refractivity contribution in [3.63, 3.8) is 0 Å². The van der Waals surface area contributed by atoms with Crippen molar-refractivity contribution in [2.24, 2.45) is 0 Å². The Morgan fingerprint density at radius 3 is 2.62 bits per heavy atom. The van der Waals surface area contributed by atoms with Crippen LogP contribution in [0.5, 0.6) is 0 Å². The van der Waals surface area contributed by atoms with Crippen LogP contribution in [0, 0.1) is 0 Å². The van der Waals surface area contributed by atoms with Crippen LogP contribution in [0.15, 0.2) is 0 Å². The largest absolute Gasteiger partial charge is 0.373 e. The fourth-order valence-electron chi connectivity index (χ4n) is 1.21. The Morgan fingerprint density at radius 2 is 2.08 bits per heavy atom. The van der Waals surface area contributed by atoms with Gasteiger partial charge in [0.1, 0.15) is 0 Å². The van der Waals surface area contributed by atoms with Crippen molar-refractivity contribution in [1.29, 1.82) is 0 Å². The summed E-state index contributed by atoms with van der Waals surface area (Å²) in [5.41, 5.74) is -0.0696. The van der Waals surface area contributed by atoms with Crippen LogP contribution in [-0.2, 0) is 14.2 Å². The van der Waals surface area contributed by atoms with Crippen LogP contribution in [-0.4, -0.2) is 31.7 Å². The van der Waals surface area contributed by atoms with E-state index in [0.717, 1.165) is 19.4 Å². The molecular formula is C10H20O3. The Kier molecular flexibility index (Phi) is 4.16. The highest BCUT2D eigenvalue weighted by atomic mass is 16.7. The molecule has 3 nitrogen and oxygen atoms in total. The number of hydrogen-bond acceptors (Lipinski definition) is 3. The first-order valence-corrected chi connectivity index (χ1v) is 4.95. The van der Waals surface area contributed by atoms with Crippen molar-refractivity contribution in [2.75, 3.05) is 19.8 Å². The minimum absolute atomic E-state index is 0.0172. The SMILES string of the molecule is CC(C)(C)OCCOC1CCCO1. The summed E-state index contributed by atoms with van der Waals surface area (Å²) in [6, 6.07) is 0. The number of ether oxygens (including phenoxy) is 3. The van der Waals surface area contributed by atoms with Gasteiger partial charge in [0.2, 0.25) is 0 Å². The first-order valence-electron chi connectivity index (χ1n) is 4.95. The predicted octanol–water partition coefficient (Wildman–Crippen LogP) is 1.95. The molecule has 1 aliphatic rings. The lowest BCUT2D eigenvalue weighted by Crippen LogP contribution is -2.23. The maximum Gasteiger partial charge on any atom is 0.157 e. The molecule has 13 heavy (non-hydrogen) atoms. The molecule has 0 aromatic carbocycles. The van der Waals surface area contributed by atoms with Crippen molar-refractivity contribution in [3.05, 3.63) is 0 Å². The minimum atomic E-state index is -0.0696. The van der Waals surface area contributed by atoms with Gasteiger partial charge in [-0.2, -0.15) is 0 Å². The van der Waals surface area contributed by atoms with E-state index in [-0.39, 0.29) is 11.9 Å². The van der Waals surface area contributed by atoms with E-state index < -0.39 is 0 Å². The zero-order valence-electron chi connectivity index (χ0n) is 8.84. The van der Waals surface area contributed by atoms with E-state index in [9.17, 15) is 0 Å². The molecule has 0 spiro atoms. The molecule has 0 aliphatic carbocycles. The van der Waals surface area contributed by atoms with Crippen molar-refractivity contribution in [3.8, 4) is 0 Å².